The van der Waals surface area contributed by atoms with Crippen molar-refractivity contribution in [1.82, 2.24) is 5.32 Å². The molecule has 3 heteroatoms. The molecule has 2 heterocycles. The van der Waals surface area contributed by atoms with E-state index in [0.29, 0.717) is 12.2 Å². The highest BCUT2D eigenvalue weighted by molar-refractivity contribution is 4.69. The fourth-order valence-corrected chi connectivity index (χ4v) is 1.84. The first kappa shape index (κ1) is 11.4. The summed E-state index contributed by atoms with van der Waals surface area (Å²) in [6.07, 6.45) is 8.98. The van der Waals surface area contributed by atoms with Gasteiger partial charge >= 0.3 is 0 Å². The molecule has 88 valence electrons. The minimum atomic E-state index is 0.614. The van der Waals surface area contributed by atoms with Crippen LogP contribution >= 0.6 is 0 Å². The molecule has 0 bridgehead atoms. The lowest BCUT2D eigenvalue weighted by atomic mass is 10.2. The van der Waals surface area contributed by atoms with E-state index in [0.717, 1.165) is 13.2 Å². The molecule has 0 radical (unpaired) electrons. The van der Waals surface area contributed by atoms with E-state index in [1.54, 1.807) is 0 Å². The van der Waals surface area contributed by atoms with E-state index in [-0.39, 0.29) is 0 Å². The summed E-state index contributed by atoms with van der Waals surface area (Å²) < 4.78 is 10.3. The molecule has 2 fully saturated rings. The van der Waals surface area contributed by atoms with Gasteiger partial charge in [-0.2, -0.15) is 0 Å². The fourth-order valence-electron chi connectivity index (χ4n) is 1.84. The highest BCUT2D eigenvalue weighted by atomic mass is 16.6. The molecule has 0 spiro atoms. The molecule has 2 atom stereocenters. The van der Waals surface area contributed by atoms with Gasteiger partial charge < -0.3 is 14.8 Å². The molecule has 1 N–H and O–H groups in total. The van der Waals surface area contributed by atoms with Crippen LogP contribution < -0.4 is 5.32 Å². The molecule has 2 aliphatic heterocycles. The minimum Gasteiger partial charge on any atom is -0.373 e. The number of unbranched alkanes of at least 4 members (excludes halogenated alkanes) is 2. The molecular weight excluding hydrogens is 190 g/mol. The van der Waals surface area contributed by atoms with Crippen molar-refractivity contribution < 1.29 is 9.47 Å². The van der Waals surface area contributed by atoms with Crippen molar-refractivity contribution >= 4 is 0 Å². The third-order valence-electron chi connectivity index (χ3n) is 3.06. The molecule has 0 amide bonds. The minimum absolute atomic E-state index is 0.614. The molecular formula is C12H23NO2. The molecule has 2 rings (SSSR count). The number of epoxide rings is 2. The Kier molecular flexibility index (Phi) is 4.90. The smallest absolute Gasteiger partial charge is 0.0810 e. The maximum Gasteiger partial charge on any atom is 0.0810 e. The first-order chi connectivity index (χ1) is 7.45. The van der Waals surface area contributed by atoms with Crippen molar-refractivity contribution in [1.29, 1.82) is 0 Å². The summed E-state index contributed by atoms with van der Waals surface area (Å²) in [5.74, 6) is 0. The van der Waals surface area contributed by atoms with Crippen molar-refractivity contribution in [3.63, 3.8) is 0 Å². The summed E-state index contributed by atoms with van der Waals surface area (Å²) in [5, 5.41) is 3.49. The van der Waals surface area contributed by atoms with Crippen LogP contribution in [-0.2, 0) is 9.47 Å². The molecule has 15 heavy (non-hydrogen) atoms. The maximum atomic E-state index is 5.16. The van der Waals surface area contributed by atoms with E-state index in [4.69, 9.17) is 9.47 Å². The predicted molar refractivity (Wildman–Crippen MR) is 60.1 cm³/mol. The average molecular weight is 213 g/mol. The zero-order chi connectivity index (χ0) is 10.3. The van der Waals surface area contributed by atoms with Crippen molar-refractivity contribution in [2.45, 2.75) is 50.7 Å². The quantitative estimate of drug-likeness (QED) is 0.443. The Labute approximate surface area is 92.5 Å². The number of rotatable bonds is 10. The SMILES string of the molecule is C(CCC1CO1)CNCCCCC1CO1. The zero-order valence-electron chi connectivity index (χ0n) is 9.54. The van der Waals surface area contributed by atoms with Crippen molar-refractivity contribution in [2.24, 2.45) is 0 Å². The van der Waals surface area contributed by atoms with Crippen LogP contribution in [0.4, 0.5) is 0 Å². The highest BCUT2D eigenvalue weighted by Crippen LogP contribution is 2.16. The number of ether oxygens (including phenoxy) is 2. The summed E-state index contributed by atoms with van der Waals surface area (Å²) in [6, 6.07) is 0. The normalized spacial score (nSPS) is 28.0. The van der Waals surface area contributed by atoms with Crippen LogP contribution in [0, 0.1) is 0 Å². The summed E-state index contributed by atoms with van der Waals surface area (Å²) in [5.41, 5.74) is 0. The summed E-state index contributed by atoms with van der Waals surface area (Å²) in [4.78, 5) is 0. The fraction of sp³-hybridized carbons (Fsp3) is 1.00. The van der Waals surface area contributed by atoms with Gasteiger partial charge in [-0.3, -0.25) is 0 Å². The van der Waals surface area contributed by atoms with Gasteiger partial charge in [0.15, 0.2) is 0 Å². The lowest BCUT2D eigenvalue weighted by Crippen LogP contribution is -2.16. The van der Waals surface area contributed by atoms with E-state index >= 15 is 0 Å². The lowest BCUT2D eigenvalue weighted by Gasteiger charge is -2.03. The van der Waals surface area contributed by atoms with Gasteiger partial charge in [-0.05, 0) is 51.6 Å². The van der Waals surface area contributed by atoms with Crippen LogP contribution in [-0.4, -0.2) is 38.5 Å². The van der Waals surface area contributed by atoms with Crippen LogP contribution in [0.15, 0.2) is 0 Å². The molecule has 0 aromatic heterocycles. The topological polar surface area (TPSA) is 37.1 Å². The van der Waals surface area contributed by atoms with Gasteiger partial charge in [0.2, 0.25) is 0 Å². The monoisotopic (exact) mass is 213 g/mol. The van der Waals surface area contributed by atoms with Crippen LogP contribution in [0.5, 0.6) is 0 Å². The van der Waals surface area contributed by atoms with Gasteiger partial charge in [0.25, 0.3) is 0 Å². The van der Waals surface area contributed by atoms with Gasteiger partial charge in [-0.25, -0.2) is 0 Å². The van der Waals surface area contributed by atoms with Gasteiger partial charge in [0, 0.05) is 0 Å². The lowest BCUT2D eigenvalue weighted by molar-refractivity contribution is 0.385. The summed E-state index contributed by atoms with van der Waals surface area (Å²) in [6.45, 7) is 4.37. The average Bonchev–Trinajstić information content (AvgIpc) is 3.10. The third-order valence-corrected chi connectivity index (χ3v) is 3.06. The van der Waals surface area contributed by atoms with E-state index in [2.05, 4.69) is 5.32 Å². The largest absolute Gasteiger partial charge is 0.373 e. The van der Waals surface area contributed by atoms with Gasteiger partial charge in [0.05, 0.1) is 25.4 Å². The Bertz CT molecular complexity index is 149. The molecule has 0 aliphatic carbocycles. The predicted octanol–water partition coefficient (Wildman–Crippen LogP) is 1.71. The van der Waals surface area contributed by atoms with E-state index in [9.17, 15) is 0 Å². The molecule has 2 unspecified atom stereocenters. The molecule has 0 saturated carbocycles. The zero-order valence-corrected chi connectivity index (χ0v) is 9.54. The summed E-state index contributed by atoms with van der Waals surface area (Å²) >= 11 is 0. The Balaban J connectivity index is 1.23. The second-order valence-corrected chi connectivity index (χ2v) is 4.65. The van der Waals surface area contributed by atoms with Gasteiger partial charge in [0.1, 0.15) is 0 Å². The second-order valence-electron chi connectivity index (χ2n) is 4.65. The third kappa shape index (κ3) is 6.13. The van der Waals surface area contributed by atoms with Crippen molar-refractivity contribution in [2.75, 3.05) is 26.3 Å². The van der Waals surface area contributed by atoms with Crippen LogP contribution in [0.2, 0.25) is 0 Å². The standard InChI is InChI=1S/C12H23NO2/c1(5-11-9-14-11)3-7-13-8-4-2-6-12-10-15-12/h11-13H,1-10H2. The number of nitrogens with one attached hydrogen (secondary N) is 1. The van der Waals surface area contributed by atoms with Crippen LogP contribution in [0.25, 0.3) is 0 Å². The Morgan fingerprint density at radius 3 is 1.67 bits per heavy atom. The maximum absolute atomic E-state index is 5.16. The Hall–Kier alpha value is -0.120. The van der Waals surface area contributed by atoms with E-state index in [1.165, 1.54) is 51.6 Å². The van der Waals surface area contributed by atoms with Crippen molar-refractivity contribution in [3.8, 4) is 0 Å². The van der Waals surface area contributed by atoms with Gasteiger partial charge in [-0.15, -0.1) is 0 Å². The Morgan fingerprint density at radius 1 is 0.800 bits per heavy atom. The number of hydrogen-bond donors (Lipinski definition) is 1. The second kappa shape index (κ2) is 6.46. The molecule has 0 aromatic carbocycles. The van der Waals surface area contributed by atoms with Crippen LogP contribution in [0.1, 0.15) is 38.5 Å². The molecule has 3 nitrogen and oxygen atoms in total. The van der Waals surface area contributed by atoms with Crippen molar-refractivity contribution in [3.05, 3.63) is 0 Å². The van der Waals surface area contributed by atoms with Crippen LogP contribution in [0.3, 0.4) is 0 Å². The molecule has 2 aliphatic rings. The highest BCUT2D eigenvalue weighted by Gasteiger charge is 2.21. The number of hydrogen-bond acceptors (Lipinski definition) is 3. The molecule has 2 saturated heterocycles. The Morgan fingerprint density at radius 2 is 1.27 bits per heavy atom. The van der Waals surface area contributed by atoms with E-state index in [1.807, 2.05) is 0 Å². The first-order valence-corrected chi connectivity index (χ1v) is 6.39. The van der Waals surface area contributed by atoms with E-state index < -0.39 is 0 Å². The first-order valence-electron chi connectivity index (χ1n) is 6.39. The molecule has 0 aromatic rings. The van der Waals surface area contributed by atoms with Gasteiger partial charge in [-0.1, -0.05) is 0 Å². The summed E-state index contributed by atoms with van der Waals surface area (Å²) in [7, 11) is 0.